The molecule has 1 aromatic carbocycles. The maximum absolute atomic E-state index is 14.2. The smallest absolute Gasteiger partial charge is 0.410 e. The Hall–Kier alpha value is -4.23. The fourth-order valence-electron chi connectivity index (χ4n) is 6.42. The van der Waals surface area contributed by atoms with Crippen LogP contribution in [-0.4, -0.2) is 86.4 Å². The number of anilines is 1. The summed E-state index contributed by atoms with van der Waals surface area (Å²) in [6.07, 6.45) is -1.10. The third kappa shape index (κ3) is 7.99. The lowest BCUT2D eigenvalue weighted by molar-refractivity contribution is -0.141. The number of aromatic nitrogens is 2. The van der Waals surface area contributed by atoms with Crippen molar-refractivity contribution >= 4 is 35.1 Å². The highest BCUT2D eigenvalue weighted by Gasteiger charge is 2.44. The second-order valence-corrected chi connectivity index (χ2v) is 15.3. The number of rotatable bonds is 8. The number of benzene rings is 1. The summed E-state index contributed by atoms with van der Waals surface area (Å²) in [6.45, 7) is 20.0. The quantitative estimate of drug-likeness (QED) is 0.307. The minimum Gasteiger partial charge on any atom is -0.444 e. The summed E-state index contributed by atoms with van der Waals surface area (Å²) >= 11 is 1.58. The number of aliphatic hydroxyl groups is 1. The van der Waals surface area contributed by atoms with Crippen LogP contribution in [0.1, 0.15) is 83.9 Å². The molecule has 0 spiro atoms. The van der Waals surface area contributed by atoms with Gasteiger partial charge in [0.1, 0.15) is 17.6 Å². The van der Waals surface area contributed by atoms with Crippen molar-refractivity contribution in [2.24, 2.45) is 5.92 Å². The van der Waals surface area contributed by atoms with Crippen LogP contribution in [0.25, 0.3) is 10.4 Å². The summed E-state index contributed by atoms with van der Waals surface area (Å²) in [4.78, 5) is 51.0. The SMILES string of the molecule is C=C1CN(C(=O)OC(C)(C)C)[C@H](C)CN1c1cc([C@@H](C(=O)N2C[C@H](O)C[C@H]2C(=O)N[C@@H](C)c2ccc(-c3scnc3C)cc2)C(C)C)on1. The number of carbonyl (C=O) groups is 3. The van der Waals surface area contributed by atoms with E-state index in [1.165, 1.54) is 4.90 Å². The molecule has 2 N–H and O–H groups in total. The molecule has 0 saturated carbocycles. The van der Waals surface area contributed by atoms with Crippen molar-refractivity contribution in [3.05, 3.63) is 65.1 Å². The van der Waals surface area contributed by atoms with Crippen LogP contribution in [0.15, 0.2) is 52.6 Å². The van der Waals surface area contributed by atoms with E-state index in [4.69, 9.17) is 9.26 Å². The van der Waals surface area contributed by atoms with Gasteiger partial charge in [-0.1, -0.05) is 49.8 Å². The molecule has 2 aliphatic heterocycles. The highest BCUT2D eigenvalue weighted by molar-refractivity contribution is 7.13. The summed E-state index contributed by atoms with van der Waals surface area (Å²) in [5.41, 5.74) is 4.81. The predicted octanol–water partition coefficient (Wildman–Crippen LogP) is 5.64. The molecule has 2 saturated heterocycles. The Bertz CT molecular complexity index is 1680. The summed E-state index contributed by atoms with van der Waals surface area (Å²) in [5, 5.41) is 18.0. The molecule has 5 rings (SSSR count). The summed E-state index contributed by atoms with van der Waals surface area (Å²) in [5.74, 6) is -0.733. The third-order valence-corrected chi connectivity index (χ3v) is 9.99. The molecule has 2 aliphatic rings. The minimum absolute atomic E-state index is 0.0410. The Kier molecular flexibility index (Phi) is 10.5. The second-order valence-electron chi connectivity index (χ2n) is 14.5. The van der Waals surface area contributed by atoms with E-state index in [0.29, 0.717) is 23.8 Å². The number of carbonyl (C=O) groups excluding carboxylic acids is 3. The molecule has 3 aromatic rings. The number of likely N-dealkylation sites (tertiary alicyclic amines) is 1. The first-order valence-corrected chi connectivity index (χ1v) is 17.6. The number of nitrogens with zero attached hydrogens (tertiary/aromatic N) is 5. The summed E-state index contributed by atoms with van der Waals surface area (Å²) in [7, 11) is 0. The van der Waals surface area contributed by atoms with Crippen molar-refractivity contribution in [2.45, 2.75) is 97.6 Å². The Morgan fingerprint density at radius 2 is 1.82 bits per heavy atom. The molecular weight excluding hydrogens is 644 g/mol. The van der Waals surface area contributed by atoms with Gasteiger partial charge in [-0.2, -0.15) is 0 Å². The van der Waals surface area contributed by atoms with Gasteiger partial charge in [-0.25, -0.2) is 9.78 Å². The van der Waals surface area contributed by atoms with Crippen molar-refractivity contribution in [2.75, 3.05) is 24.5 Å². The van der Waals surface area contributed by atoms with Crippen molar-refractivity contribution in [1.29, 1.82) is 0 Å². The van der Waals surface area contributed by atoms with E-state index in [2.05, 4.69) is 22.0 Å². The molecule has 0 radical (unpaired) electrons. The average molecular weight is 693 g/mol. The first-order chi connectivity index (χ1) is 23.0. The molecule has 13 heteroatoms. The number of aliphatic hydroxyl groups excluding tert-OH is 1. The largest absolute Gasteiger partial charge is 0.444 e. The molecule has 12 nitrogen and oxygen atoms in total. The van der Waals surface area contributed by atoms with Gasteiger partial charge in [0.2, 0.25) is 11.8 Å². The van der Waals surface area contributed by atoms with Gasteiger partial charge in [0, 0.05) is 31.3 Å². The Morgan fingerprint density at radius 1 is 1.12 bits per heavy atom. The van der Waals surface area contributed by atoms with Gasteiger partial charge in [0.25, 0.3) is 0 Å². The van der Waals surface area contributed by atoms with Crippen LogP contribution in [0.2, 0.25) is 0 Å². The van der Waals surface area contributed by atoms with Crippen molar-refractivity contribution in [1.82, 2.24) is 25.3 Å². The maximum Gasteiger partial charge on any atom is 0.410 e. The Balaban J connectivity index is 1.27. The van der Waals surface area contributed by atoms with Crippen molar-refractivity contribution in [3.63, 3.8) is 0 Å². The number of piperazine rings is 1. The number of ether oxygens (including phenoxy) is 1. The number of β-amino-alcohol motifs (C(OH)–C–C–N with tert-alkyl or cyclic N) is 1. The standard InChI is InChI=1S/C36H48N6O6S/c1-20(2)31(29-15-30(39-48-29)40-16-22(4)41(17-21(40)3)35(46)47-36(7,8)9)34(45)42-18-27(43)14-28(42)33(44)38-23(5)25-10-12-26(13-11-25)32-24(6)37-19-49-32/h10-13,15,19-20,22-23,27-28,31,43H,3,14,16-18H2,1-2,4-9H3,(H,38,44)/t22-,23+,27-,28+,31+/m1/s1. The topological polar surface area (TPSA) is 141 Å². The fraction of sp³-hybridized carbons (Fsp3) is 0.528. The zero-order valence-electron chi connectivity index (χ0n) is 29.6. The van der Waals surface area contributed by atoms with Crippen LogP contribution in [-0.2, 0) is 14.3 Å². The molecule has 0 unspecified atom stereocenters. The molecule has 5 atom stereocenters. The van der Waals surface area contributed by atoms with Gasteiger partial charge in [0.15, 0.2) is 11.6 Å². The van der Waals surface area contributed by atoms with Gasteiger partial charge in [-0.3, -0.25) is 14.5 Å². The lowest BCUT2D eigenvalue weighted by Crippen LogP contribution is -2.53. The molecule has 0 aliphatic carbocycles. The van der Waals surface area contributed by atoms with Crippen LogP contribution in [0, 0.1) is 12.8 Å². The molecule has 4 heterocycles. The van der Waals surface area contributed by atoms with E-state index in [1.54, 1.807) is 22.3 Å². The zero-order chi connectivity index (χ0) is 35.8. The number of hydrogen-bond acceptors (Lipinski definition) is 10. The summed E-state index contributed by atoms with van der Waals surface area (Å²) in [6, 6.07) is 8.37. The Morgan fingerprint density at radius 3 is 2.43 bits per heavy atom. The number of amides is 3. The van der Waals surface area contributed by atoms with Gasteiger partial charge in [0.05, 0.1) is 40.8 Å². The van der Waals surface area contributed by atoms with E-state index in [-0.39, 0.29) is 49.3 Å². The van der Waals surface area contributed by atoms with E-state index < -0.39 is 29.8 Å². The van der Waals surface area contributed by atoms with E-state index >= 15 is 0 Å². The normalized spacial score (nSPS) is 21.2. The minimum atomic E-state index is -0.839. The monoisotopic (exact) mass is 692 g/mol. The molecule has 3 amide bonds. The average Bonchev–Trinajstić information content (AvgIpc) is 3.77. The van der Waals surface area contributed by atoms with Crippen LogP contribution < -0.4 is 10.2 Å². The number of nitrogens with one attached hydrogen (secondary N) is 1. The number of thiazole rings is 1. The molecule has 2 aromatic heterocycles. The molecular formula is C36H48N6O6S. The van der Waals surface area contributed by atoms with Gasteiger partial charge in [-0.15, -0.1) is 11.3 Å². The van der Waals surface area contributed by atoms with Gasteiger partial charge >= 0.3 is 6.09 Å². The van der Waals surface area contributed by atoms with Crippen LogP contribution >= 0.6 is 11.3 Å². The Labute approximate surface area is 292 Å². The number of hydrogen-bond donors (Lipinski definition) is 2. The molecule has 0 bridgehead atoms. The third-order valence-electron chi connectivity index (χ3n) is 9.02. The van der Waals surface area contributed by atoms with Crippen LogP contribution in [0.3, 0.4) is 0 Å². The fourth-order valence-corrected chi connectivity index (χ4v) is 7.23. The molecule has 2 fully saturated rings. The predicted molar refractivity (Wildman–Crippen MR) is 188 cm³/mol. The highest BCUT2D eigenvalue weighted by atomic mass is 32.1. The number of aryl methyl sites for hydroxylation is 1. The van der Waals surface area contributed by atoms with E-state index in [9.17, 15) is 19.5 Å². The highest BCUT2D eigenvalue weighted by Crippen LogP contribution is 2.35. The lowest BCUT2D eigenvalue weighted by atomic mass is 9.91. The van der Waals surface area contributed by atoms with E-state index in [0.717, 1.165) is 21.7 Å². The lowest BCUT2D eigenvalue weighted by Gasteiger charge is -2.41. The van der Waals surface area contributed by atoms with Gasteiger partial charge in [-0.05, 0) is 58.6 Å². The zero-order valence-corrected chi connectivity index (χ0v) is 30.4. The summed E-state index contributed by atoms with van der Waals surface area (Å²) < 4.78 is 11.4. The van der Waals surface area contributed by atoms with Crippen LogP contribution in [0.4, 0.5) is 10.6 Å². The second kappa shape index (κ2) is 14.3. The van der Waals surface area contributed by atoms with Crippen molar-refractivity contribution < 1.29 is 28.8 Å². The van der Waals surface area contributed by atoms with Crippen LogP contribution in [0.5, 0.6) is 0 Å². The maximum atomic E-state index is 14.2. The van der Waals surface area contributed by atoms with Gasteiger partial charge < -0.3 is 29.5 Å². The van der Waals surface area contributed by atoms with E-state index in [1.807, 2.05) is 90.1 Å². The first-order valence-electron chi connectivity index (χ1n) is 16.7. The first kappa shape index (κ1) is 36.1. The van der Waals surface area contributed by atoms with Crippen molar-refractivity contribution in [3.8, 4) is 10.4 Å². The molecule has 264 valence electrons. The molecule has 49 heavy (non-hydrogen) atoms.